The molecule has 0 aromatic heterocycles. The smallest absolute Gasteiger partial charge is 0.306 e. The fraction of sp³-hybridized carbons (Fsp3) is 0.759. The van der Waals surface area contributed by atoms with Crippen LogP contribution in [0.5, 0.6) is 17.2 Å². The highest BCUT2D eigenvalue weighted by molar-refractivity contribution is 6.76. The Balaban J connectivity index is 2.76. The minimum absolute atomic E-state index is 0.0200. The predicted octanol–water partition coefficient (Wildman–Crippen LogP) is 9.09. The van der Waals surface area contributed by atoms with Gasteiger partial charge in [-0.2, -0.15) is 0 Å². The molecule has 0 amide bonds. The number of hydrogen-bond donors (Lipinski definition) is 0. The minimum Gasteiger partial charge on any atom is -0.541 e. The zero-order valence-electron chi connectivity index (χ0n) is 26.4. The van der Waals surface area contributed by atoms with Crippen LogP contribution in [0, 0.1) is 0 Å². The number of cyclic esters (lactones) is 1. The maximum atomic E-state index is 11.8. The Morgan fingerprint density at radius 1 is 0.730 bits per heavy atom. The Morgan fingerprint density at radius 3 is 1.43 bits per heavy atom. The summed E-state index contributed by atoms with van der Waals surface area (Å²) >= 11 is 0. The number of hydrogen-bond acceptors (Lipinski definition) is 5. The van der Waals surface area contributed by atoms with E-state index in [-0.39, 0.29) is 27.2 Å². The van der Waals surface area contributed by atoms with Gasteiger partial charge in [0, 0.05) is 12.8 Å². The third-order valence-corrected chi connectivity index (χ3v) is 22.0. The summed E-state index contributed by atoms with van der Waals surface area (Å²) in [5, 5.41) is 0.0730. The predicted molar refractivity (Wildman–Crippen MR) is 163 cm³/mol. The second kappa shape index (κ2) is 10.4. The zero-order valence-corrected chi connectivity index (χ0v) is 29.4. The van der Waals surface area contributed by atoms with Gasteiger partial charge in [-0.3, -0.25) is 4.79 Å². The Bertz CT molecular complexity index is 930. The molecule has 1 fully saturated rings. The fourth-order valence-corrected chi connectivity index (χ4v) is 6.29. The van der Waals surface area contributed by atoms with Crippen molar-refractivity contribution in [2.75, 3.05) is 0 Å². The molecule has 1 aliphatic rings. The van der Waals surface area contributed by atoms with Gasteiger partial charge in [0.25, 0.3) is 25.0 Å². The molecule has 1 saturated heterocycles. The number of carbonyl (C=O) groups excluding carboxylic acids is 1. The molecule has 37 heavy (non-hydrogen) atoms. The highest BCUT2D eigenvalue weighted by Gasteiger charge is 2.45. The van der Waals surface area contributed by atoms with E-state index in [1.54, 1.807) is 0 Å². The molecule has 2 rings (SSSR count). The van der Waals surface area contributed by atoms with E-state index in [0.29, 0.717) is 12.8 Å². The fourth-order valence-electron chi connectivity index (χ4n) is 3.25. The summed E-state index contributed by atoms with van der Waals surface area (Å²) in [7, 11) is -6.59. The van der Waals surface area contributed by atoms with Crippen LogP contribution < -0.4 is 13.3 Å². The van der Waals surface area contributed by atoms with Crippen LogP contribution in [0.25, 0.3) is 0 Å². The lowest BCUT2D eigenvalue weighted by molar-refractivity contribution is -0.141. The molecule has 1 aliphatic heterocycles. The Hall–Kier alpha value is -1.26. The van der Waals surface area contributed by atoms with Gasteiger partial charge >= 0.3 is 5.97 Å². The largest absolute Gasteiger partial charge is 0.541 e. The normalized spacial score (nSPS) is 18.0. The monoisotopic (exact) mass is 566 g/mol. The average Bonchev–Trinajstić information content (AvgIpc) is 3.05. The van der Waals surface area contributed by atoms with E-state index >= 15 is 0 Å². The highest BCUT2D eigenvalue weighted by Crippen LogP contribution is 2.50. The van der Waals surface area contributed by atoms with Crippen LogP contribution in [0.1, 0.15) is 80.7 Å². The van der Waals surface area contributed by atoms with Gasteiger partial charge in [-0.15, -0.1) is 0 Å². The van der Waals surface area contributed by atoms with Gasteiger partial charge in [-0.25, -0.2) is 0 Å². The molecule has 0 aliphatic carbocycles. The van der Waals surface area contributed by atoms with Crippen molar-refractivity contribution in [2.45, 2.75) is 142 Å². The molecule has 8 heteroatoms. The number of carbonyl (C=O) groups is 1. The molecule has 1 heterocycles. The minimum atomic E-state index is -2.21. The summed E-state index contributed by atoms with van der Waals surface area (Å²) in [6.07, 6.45) is 1.77. The Morgan fingerprint density at radius 2 is 1.11 bits per heavy atom. The summed E-state index contributed by atoms with van der Waals surface area (Å²) in [6.45, 7) is 33.9. The zero-order chi connectivity index (χ0) is 28.8. The van der Waals surface area contributed by atoms with Crippen LogP contribution in [-0.2, 0) is 16.0 Å². The summed E-state index contributed by atoms with van der Waals surface area (Å²) in [5.74, 6) is 2.17. The Labute approximate surface area is 230 Å². The van der Waals surface area contributed by atoms with Crippen molar-refractivity contribution in [2.24, 2.45) is 0 Å². The van der Waals surface area contributed by atoms with Crippen molar-refractivity contribution in [1.82, 2.24) is 0 Å². The van der Waals surface area contributed by atoms with Gasteiger partial charge in [0.1, 0.15) is 17.6 Å². The highest BCUT2D eigenvalue weighted by atomic mass is 28.4. The second-order valence-corrected chi connectivity index (χ2v) is 29.5. The van der Waals surface area contributed by atoms with Crippen LogP contribution in [0.2, 0.25) is 54.4 Å². The lowest BCUT2D eigenvalue weighted by Crippen LogP contribution is -2.47. The summed E-state index contributed by atoms with van der Waals surface area (Å²) in [5.41, 5.74) is 1.06. The van der Waals surface area contributed by atoms with Gasteiger partial charge in [-0.05, 0) is 78.5 Å². The molecule has 1 atom stereocenters. The molecule has 5 nitrogen and oxygen atoms in total. The number of esters is 1. The van der Waals surface area contributed by atoms with E-state index < -0.39 is 25.0 Å². The summed E-state index contributed by atoms with van der Waals surface area (Å²) < 4.78 is 26.6. The number of rotatable bonds is 8. The third-order valence-electron chi connectivity index (χ3n) is 9.02. The van der Waals surface area contributed by atoms with Crippen molar-refractivity contribution in [3.8, 4) is 17.2 Å². The summed E-state index contributed by atoms with van der Waals surface area (Å²) in [6, 6.07) is 4.24. The van der Waals surface area contributed by atoms with Crippen molar-refractivity contribution < 1.29 is 22.8 Å². The van der Waals surface area contributed by atoms with E-state index in [4.69, 9.17) is 18.0 Å². The molecule has 1 aromatic carbocycles. The first kappa shape index (κ1) is 32.0. The van der Waals surface area contributed by atoms with Gasteiger partial charge in [0.05, 0.1) is 0 Å². The number of ether oxygens (including phenoxy) is 1. The maximum Gasteiger partial charge on any atom is 0.306 e. The topological polar surface area (TPSA) is 54.0 Å². The van der Waals surface area contributed by atoms with Gasteiger partial charge in [-0.1, -0.05) is 62.3 Å². The van der Waals surface area contributed by atoms with Crippen molar-refractivity contribution in [1.29, 1.82) is 0 Å². The number of benzene rings is 1. The van der Waals surface area contributed by atoms with Crippen LogP contribution in [0.15, 0.2) is 12.1 Å². The Kier molecular flexibility index (Phi) is 8.96. The van der Waals surface area contributed by atoms with Crippen LogP contribution >= 0.6 is 0 Å². The van der Waals surface area contributed by atoms with Gasteiger partial charge < -0.3 is 18.0 Å². The first-order valence-electron chi connectivity index (χ1n) is 13.8. The molecule has 0 saturated carbocycles. The van der Waals surface area contributed by atoms with E-state index in [0.717, 1.165) is 29.2 Å². The molecule has 0 N–H and O–H groups in total. The maximum absolute atomic E-state index is 11.8. The molecule has 0 unspecified atom stereocenters. The van der Waals surface area contributed by atoms with Crippen LogP contribution in [0.4, 0.5) is 0 Å². The van der Waals surface area contributed by atoms with Crippen LogP contribution in [-0.4, -0.2) is 37.0 Å². The van der Waals surface area contributed by atoms with E-state index in [2.05, 4.69) is 114 Å². The summed E-state index contributed by atoms with van der Waals surface area (Å²) in [4.78, 5) is 11.8. The SMILES string of the molecule is CC(C)(C)[Si](C)(C)Oc1cc(C[C@H]2CCC(=O)O2)cc(O[Si](C)(C)C(C)(C)C)c1O[Si](C)(C)C(C)(C)C. The van der Waals surface area contributed by atoms with Crippen molar-refractivity contribution >= 4 is 30.9 Å². The molecule has 0 bridgehead atoms. The van der Waals surface area contributed by atoms with E-state index in [1.165, 1.54) is 0 Å². The van der Waals surface area contributed by atoms with Crippen LogP contribution in [0.3, 0.4) is 0 Å². The molecular formula is C29H54O5Si3. The molecular weight excluding hydrogens is 513 g/mol. The molecule has 212 valence electrons. The quantitative estimate of drug-likeness (QED) is 0.232. The van der Waals surface area contributed by atoms with E-state index in [9.17, 15) is 4.79 Å². The second-order valence-electron chi connectivity index (χ2n) is 15.4. The molecule has 0 spiro atoms. The lowest BCUT2D eigenvalue weighted by atomic mass is 10.0. The average molecular weight is 567 g/mol. The molecule has 0 radical (unpaired) electrons. The van der Waals surface area contributed by atoms with Gasteiger partial charge in [0.15, 0.2) is 5.75 Å². The molecule has 1 aromatic rings. The standard InChI is InChI=1S/C29H54O5Si3/c1-27(2,3)35(10,11)32-23-19-21(18-22-16-17-25(30)31-22)20-24(33-36(12,13)28(4,5)6)26(23)34-37(14,15)29(7,8)9/h19-20,22H,16-18H2,1-15H3/t22-/m1/s1. The van der Waals surface area contributed by atoms with E-state index in [1.807, 2.05) is 0 Å². The van der Waals surface area contributed by atoms with Crippen molar-refractivity contribution in [3.63, 3.8) is 0 Å². The first-order valence-corrected chi connectivity index (χ1v) is 22.5. The first-order chi connectivity index (χ1) is 16.4. The lowest BCUT2D eigenvalue weighted by Gasteiger charge is -2.42. The third kappa shape index (κ3) is 7.66. The van der Waals surface area contributed by atoms with Crippen molar-refractivity contribution in [3.05, 3.63) is 17.7 Å². The van der Waals surface area contributed by atoms with Gasteiger partial charge in [0.2, 0.25) is 0 Å².